The van der Waals surface area contributed by atoms with Crippen LogP contribution in [0.5, 0.6) is 11.5 Å². The average Bonchev–Trinajstić information content (AvgIpc) is 3.26. The molecule has 0 bridgehead atoms. The molecule has 1 N–H and O–H groups in total. The lowest BCUT2D eigenvalue weighted by atomic mass is 10.0. The Labute approximate surface area is 217 Å². The lowest BCUT2D eigenvalue weighted by molar-refractivity contribution is -0.152. The molecule has 1 aromatic heterocycles. The van der Waals surface area contributed by atoms with Crippen molar-refractivity contribution in [3.8, 4) is 34.1 Å². The van der Waals surface area contributed by atoms with Crippen molar-refractivity contribution in [3.63, 3.8) is 0 Å². The zero-order chi connectivity index (χ0) is 26.4. The minimum absolute atomic E-state index is 0.397. The molecule has 0 radical (unpaired) electrons. The molecule has 1 heterocycles. The summed E-state index contributed by atoms with van der Waals surface area (Å²) in [6, 6.07) is 24.0. The van der Waals surface area contributed by atoms with E-state index in [4.69, 9.17) is 18.9 Å². The second-order valence-corrected chi connectivity index (χ2v) is 9.50. The Morgan fingerprint density at radius 2 is 1.62 bits per heavy atom. The second-order valence-electron chi connectivity index (χ2n) is 9.50. The van der Waals surface area contributed by atoms with Gasteiger partial charge in [0.05, 0.1) is 12.3 Å². The molecule has 0 aliphatic rings. The highest BCUT2D eigenvalue weighted by atomic mass is 16.5. The molecule has 0 amide bonds. The highest BCUT2D eigenvalue weighted by Gasteiger charge is 2.30. The van der Waals surface area contributed by atoms with Crippen molar-refractivity contribution >= 4 is 5.97 Å². The van der Waals surface area contributed by atoms with Crippen LogP contribution in [0.3, 0.4) is 0 Å². The van der Waals surface area contributed by atoms with Crippen LogP contribution in [0.2, 0.25) is 0 Å². The maximum atomic E-state index is 11.6. The molecular formula is C31H33NO5. The quantitative estimate of drug-likeness (QED) is 0.236. The number of carboxylic acids is 1. The van der Waals surface area contributed by atoms with E-state index in [1.807, 2.05) is 49.4 Å². The van der Waals surface area contributed by atoms with Crippen molar-refractivity contribution in [3.05, 3.63) is 89.8 Å². The van der Waals surface area contributed by atoms with Crippen LogP contribution in [-0.2, 0) is 17.6 Å². The van der Waals surface area contributed by atoms with Crippen LogP contribution in [0.25, 0.3) is 22.6 Å². The lowest BCUT2D eigenvalue weighted by Gasteiger charge is -2.24. The van der Waals surface area contributed by atoms with E-state index in [1.165, 1.54) is 5.56 Å². The summed E-state index contributed by atoms with van der Waals surface area (Å²) in [6.45, 7) is 7.46. The molecule has 4 aromatic rings. The predicted molar refractivity (Wildman–Crippen MR) is 144 cm³/mol. The van der Waals surface area contributed by atoms with Gasteiger partial charge in [0.25, 0.3) is 0 Å². The Morgan fingerprint density at radius 1 is 0.946 bits per heavy atom. The molecule has 0 atom stereocenters. The fraction of sp³-hybridized carbons (Fsp3) is 0.290. The van der Waals surface area contributed by atoms with E-state index in [0.717, 1.165) is 41.0 Å². The van der Waals surface area contributed by atoms with Crippen LogP contribution in [0.1, 0.15) is 44.2 Å². The van der Waals surface area contributed by atoms with E-state index in [2.05, 4.69) is 31.2 Å². The van der Waals surface area contributed by atoms with Gasteiger partial charge in [0.2, 0.25) is 5.89 Å². The largest absolute Gasteiger partial charge is 0.493 e. The van der Waals surface area contributed by atoms with E-state index < -0.39 is 11.6 Å². The molecule has 4 rings (SSSR count). The minimum atomic E-state index is -1.34. The van der Waals surface area contributed by atoms with Crippen molar-refractivity contribution in [1.82, 2.24) is 4.98 Å². The van der Waals surface area contributed by atoms with Crippen molar-refractivity contribution in [2.75, 3.05) is 6.61 Å². The molecule has 0 aliphatic heterocycles. The minimum Gasteiger partial charge on any atom is -0.493 e. The Kier molecular flexibility index (Phi) is 7.97. The number of carbonyl (C=O) groups is 1. The number of benzene rings is 3. The number of aliphatic carboxylic acids is 1. The van der Waals surface area contributed by atoms with Gasteiger partial charge in [-0.1, -0.05) is 61.9 Å². The van der Waals surface area contributed by atoms with Crippen LogP contribution < -0.4 is 9.47 Å². The molecule has 0 saturated heterocycles. The number of hydrogen-bond donors (Lipinski definition) is 1. The summed E-state index contributed by atoms with van der Waals surface area (Å²) in [6.07, 6.45) is 2.29. The summed E-state index contributed by atoms with van der Waals surface area (Å²) in [7, 11) is 0. The molecular weight excluding hydrogens is 466 g/mol. The summed E-state index contributed by atoms with van der Waals surface area (Å²) in [4.78, 5) is 16.3. The van der Waals surface area contributed by atoms with Crippen LogP contribution in [0.15, 0.2) is 77.2 Å². The molecule has 0 spiro atoms. The predicted octanol–water partition coefficient (Wildman–Crippen LogP) is 7.13. The Balaban J connectivity index is 1.42. The third-order valence-corrected chi connectivity index (χ3v) is 6.18. The van der Waals surface area contributed by atoms with Gasteiger partial charge in [-0.2, -0.15) is 0 Å². The van der Waals surface area contributed by atoms with Crippen molar-refractivity contribution in [1.29, 1.82) is 0 Å². The van der Waals surface area contributed by atoms with Crippen molar-refractivity contribution in [2.24, 2.45) is 0 Å². The maximum Gasteiger partial charge on any atom is 0.347 e. The molecule has 37 heavy (non-hydrogen) atoms. The maximum absolute atomic E-state index is 11.6. The van der Waals surface area contributed by atoms with E-state index in [0.29, 0.717) is 30.4 Å². The van der Waals surface area contributed by atoms with E-state index in [-0.39, 0.29) is 0 Å². The highest BCUT2D eigenvalue weighted by Crippen LogP contribution is 2.30. The topological polar surface area (TPSA) is 81.8 Å². The summed E-state index contributed by atoms with van der Waals surface area (Å²) in [5.74, 6) is 1.48. The highest BCUT2D eigenvalue weighted by molar-refractivity contribution is 5.77. The first-order chi connectivity index (χ1) is 17.8. The summed E-state index contributed by atoms with van der Waals surface area (Å²) < 4.78 is 17.8. The standard InChI is InChI=1S/C31H33NO5/c1-5-9-24-16-17-26(20-28(24)37-31(3,4)30(33)34)35-19-18-27-21(2)36-29(32-27)25-14-12-23(13-15-25)22-10-7-6-8-11-22/h6-8,10-17,20H,5,9,18-19H2,1-4H3,(H,33,34). The number of hydrogen-bond acceptors (Lipinski definition) is 5. The first kappa shape index (κ1) is 26.0. The zero-order valence-corrected chi connectivity index (χ0v) is 21.8. The number of aromatic nitrogens is 1. The third kappa shape index (κ3) is 6.39. The molecule has 0 unspecified atom stereocenters. The number of nitrogens with zero attached hydrogens (tertiary/aromatic N) is 1. The van der Waals surface area contributed by atoms with Gasteiger partial charge < -0.3 is 19.0 Å². The Hall–Kier alpha value is -4.06. The van der Waals surface area contributed by atoms with Crippen LogP contribution in [-0.4, -0.2) is 28.3 Å². The molecule has 192 valence electrons. The average molecular weight is 500 g/mol. The van der Waals surface area contributed by atoms with Crippen LogP contribution >= 0.6 is 0 Å². The van der Waals surface area contributed by atoms with E-state index in [1.54, 1.807) is 19.9 Å². The number of rotatable bonds is 11. The SMILES string of the molecule is CCCc1ccc(OCCc2nc(-c3ccc(-c4ccccc4)cc3)oc2C)cc1OC(C)(C)C(=O)O. The second kappa shape index (κ2) is 11.3. The van der Waals surface area contributed by atoms with Gasteiger partial charge in [0, 0.05) is 18.1 Å². The fourth-order valence-corrected chi connectivity index (χ4v) is 4.00. The number of aryl methyl sites for hydroxylation is 2. The molecule has 0 aliphatic carbocycles. The van der Waals surface area contributed by atoms with Crippen molar-refractivity contribution < 1.29 is 23.8 Å². The number of ether oxygens (including phenoxy) is 2. The van der Waals surface area contributed by atoms with Gasteiger partial charge in [-0.15, -0.1) is 0 Å². The monoisotopic (exact) mass is 499 g/mol. The van der Waals surface area contributed by atoms with Gasteiger partial charge in [-0.25, -0.2) is 9.78 Å². The third-order valence-electron chi connectivity index (χ3n) is 6.18. The van der Waals surface area contributed by atoms with Gasteiger partial charge >= 0.3 is 5.97 Å². The first-order valence-electron chi connectivity index (χ1n) is 12.6. The van der Waals surface area contributed by atoms with Crippen LogP contribution in [0.4, 0.5) is 0 Å². The smallest absolute Gasteiger partial charge is 0.347 e. The van der Waals surface area contributed by atoms with Gasteiger partial charge in [-0.05, 0) is 62.1 Å². The molecule has 0 fully saturated rings. The Morgan fingerprint density at radius 3 is 2.30 bits per heavy atom. The van der Waals surface area contributed by atoms with E-state index >= 15 is 0 Å². The molecule has 6 nitrogen and oxygen atoms in total. The van der Waals surface area contributed by atoms with Crippen molar-refractivity contribution in [2.45, 2.75) is 52.6 Å². The number of oxazole rings is 1. The molecule has 3 aromatic carbocycles. The van der Waals surface area contributed by atoms with E-state index in [9.17, 15) is 9.90 Å². The summed E-state index contributed by atoms with van der Waals surface area (Å²) >= 11 is 0. The normalized spacial score (nSPS) is 11.4. The summed E-state index contributed by atoms with van der Waals surface area (Å²) in [5.41, 5.74) is 3.69. The van der Waals surface area contributed by atoms with Crippen LogP contribution in [0, 0.1) is 6.92 Å². The fourth-order valence-electron chi connectivity index (χ4n) is 4.00. The summed E-state index contributed by atoms with van der Waals surface area (Å²) in [5, 5.41) is 9.46. The molecule has 6 heteroatoms. The lowest BCUT2D eigenvalue weighted by Crippen LogP contribution is -2.38. The van der Waals surface area contributed by atoms with Gasteiger partial charge in [0.1, 0.15) is 17.3 Å². The zero-order valence-electron chi connectivity index (χ0n) is 21.8. The van der Waals surface area contributed by atoms with Gasteiger partial charge in [-0.3, -0.25) is 0 Å². The number of carboxylic acid groups (broad SMARTS) is 1. The van der Waals surface area contributed by atoms with Gasteiger partial charge in [0.15, 0.2) is 5.60 Å². The molecule has 0 saturated carbocycles. The Bertz CT molecular complexity index is 1340. The first-order valence-corrected chi connectivity index (χ1v) is 12.6.